The first-order chi connectivity index (χ1) is 11.6. The maximum atomic E-state index is 4.36. The normalized spacial score (nSPS) is 20.8. The van der Waals surface area contributed by atoms with Crippen molar-refractivity contribution in [1.82, 2.24) is 24.9 Å². The van der Waals surface area contributed by atoms with Crippen LogP contribution in [0.25, 0.3) is 0 Å². The maximum Gasteiger partial charge on any atom is 0.151 e. The number of anilines is 1. The zero-order valence-electron chi connectivity index (χ0n) is 14.6. The van der Waals surface area contributed by atoms with Gasteiger partial charge in [0.1, 0.15) is 0 Å². The number of hydrogen-bond donors (Lipinski definition) is 0. The van der Waals surface area contributed by atoms with E-state index in [2.05, 4.69) is 43.4 Å². The quantitative estimate of drug-likeness (QED) is 0.865. The molecule has 2 aliphatic rings. The summed E-state index contributed by atoms with van der Waals surface area (Å²) in [6, 6.07) is 4.15. The monoisotopic (exact) mass is 326 g/mol. The Kier molecular flexibility index (Phi) is 4.00. The highest BCUT2D eigenvalue weighted by Crippen LogP contribution is 2.39. The van der Waals surface area contributed by atoms with Crippen molar-refractivity contribution in [3.8, 4) is 0 Å². The molecule has 0 N–H and O–H groups in total. The third kappa shape index (κ3) is 2.90. The van der Waals surface area contributed by atoms with E-state index in [0.717, 1.165) is 31.1 Å². The summed E-state index contributed by atoms with van der Waals surface area (Å²) in [4.78, 5) is 5.08. The molecule has 6 heteroatoms. The van der Waals surface area contributed by atoms with Crippen LogP contribution in [0.1, 0.15) is 36.9 Å². The summed E-state index contributed by atoms with van der Waals surface area (Å²) in [5.74, 6) is 1.02. The highest BCUT2D eigenvalue weighted by atomic mass is 15.3. The zero-order valence-corrected chi connectivity index (χ0v) is 14.6. The Bertz CT molecular complexity index is 684. The SMILES string of the molecule is Cc1ccc(N2CCC3(CCCN3Cc3cnn(C)c3)CC2)nn1. The van der Waals surface area contributed by atoms with Crippen molar-refractivity contribution >= 4 is 5.82 Å². The van der Waals surface area contributed by atoms with E-state index in [9.17, 15) is 0 Å². The molecular formula is C18H26N6. The Labute approximate surface area is 143 Å². The van der Waals surface area contributed by atoms with Gasteiger partial charge in [0.25, 0.3) is 0 Å². The predicted octanol–water partition coefficient (Wildman–Crippen LogP) is 2.15. The van der Waals surface area contributed by atoms with Gasteiger partial charge in [-0.1, -0.05) is 0 Å². The number of likely N-dealkylation sites (tertiary alicyclic amines) is 1. The van der Waals surface area contributed by atoms with Gasteiger partial charge in [0, 0.05) is 44.0 Å². The van der Waals surface area contributed by atoms with E-state index in [1.54, 1.807) is 0 Å². The van der Waals surface area contributed by atoms with Crippen molar-refractivity contribution in [3.63, 3.8) is 0 Å². The fourth-order valence-corrected chi connectivity index (χ4v) is 4.29. The van der Waals surface area contributed by atoms with Crippen molar-refractivity contribution < 1.29 is 0 Å². The molecule has 0 radical (unpaired) electrons. The Morgan fingerprint density at radius 3 is 2.58 bits per heavy atom. The molecule has 0 aromatic carbocycles. The molecule has 0 atom stereocenters. The Morgan fingerprint density at radius 2 is 1.92 bits per heavy atom. The van der Waals surface area contributed by atoms with Crippen LogP contribution in [0.3, 0.4) is 0 Å². The molecule has 2 aromatic rings. The van der Waals surface area contributed by atoms with Gasteiger partial charge in [0.2, 0.25) is 0 Å². The average Bonchev–Trinajstić information content (AvgIpc) is 3.17. The van der Waals surface area contributed by atoms with Crippen LogP contribution in [0.4, 0.5) is 5.82 Å². The number of aromatic nitrogens is 4. The van der Waals surface area contributed by atoms with Crippen LogP contribution in [0.5, 0.6) is 0 Å². The van der Waals surface area contributed by atoms with Crippen LogP contribution in [-0.4, -0.2) is 50.1 Å². The van der Waals surface area contributed by atoms with Gasteiger partial charge in [-0.15, -0.1) is 5.10 Å². The molecule has 6 nitrogen and oxygen atoms in total. The highest BCUT2D eigenvalue weighted by Gasteiger charge is 2.43. The Hall–Kier alpha value is -1.95. The van der Waals surface area contributed by atoms with Crippen LogP contribution >= 0.6 is 0 Å². The molecule has 2 fully saturated rings. The first-order valence-corrected chi connectivity index (χ1v) is 8.93. The molecule has 0 bridgehead atoms. The standard InChI is InChI=1S/C18H26N6/c1-15-4-5-17(21-20-15)23-10-7-18(8-11-23)6-3-9-24(18)14-16-12-19-22(2)13-16/h4-5,12-13H,3,6-11,14H2,1-2H3. The van der Waals surface area contributed by atoms with Crippen molar-refractivity contribution in [2.75, 3.05) is 24.5 Å². The fraction of sp³-hybridized carbons (Fsp3) is 0.611. The topological polar surface area (TPSA) is 50.1 Å². The van der Waals surface area contributed by atoms with Gasteiger partial charge in [-0.3, -0.25) is 9.58 Å². The van der Waals surface area contributed by atoms with Crippen LogP contribution in [0, 0.1) is 6.92 Å². The fourth-order valence-electron chi connectivity index (χ4n) is 4.29. The molecule has 0 saturated carbocycles. The second-order valence-electron chi connectivity index (χ2n) is 7.29. The minimum absolute atomic E-state index is 0.366. The summed E-state index contributed by atoms with van der Waals surface area (Å²) in [6.45, 7) is 6.36. The van der Waals surface area contributed by atoms with Crippen LogP contribution < -0.4 is 4.90 Å². The van der Waals surface area contributed by atoms with Gasteiger partial charge < -0.3 is 4.90 Å². The van der Waals surface area contributed by atoms with Gasteiger partial charge in [0.05, 0.1) is 11.9 Å². The van der Waals surface area contributed by atoms with Gasteiger partial charge in [-0.25, -0.2) is 0 Å². The molecule has 24 heavy (non-hydrogen) atoms. The van der Waals surface area contributed by atoms with E-state index in [1.165, 1.54) is 37.8 Å². The molecular weight excluding hydrogens is 300 g/mol. The largest absolute Gasteiger partial charge is 0.355 e. The van der Waals surface area contributed by atoms with Gasteiger partial charge in [-0.05, 0) is 51.3 Å². The number of hydrogen-bond acceptors (Lipinski definition) is 5. The highest BCUT2D eigenvalue weighted by molar-refractivity contribution is 5.38. The van der Waals surface area contributed by atoms with Crippen molar-refractivity contribution in [1.29, 1.82) is 0 Å². The van der Waals surface area contributed by atoms with Crippen molar-refractivity contribution in [2.24, 2.45) is 7.05 Å². The van der Waals surface area contributed by atoms with E-state index < -0.39 is 0 Å². The summed E-state index contributed by atoms with van der Waals surface area (Å²) in [7, 11) is 1.99. The Morgan fingerprint density at radius 1 is 1.08 bits per heavy atom. The molecule has 0 unspecified atom stereocenters. The molecule has 2 aliphatic heterocycles. The van der Waals surface area contributed by atoms with E-state index in [-0.39, 0.29) is 0 Å². The summed E-state index contributed by atoms with van der Waals surface area (Å²) in [5, 5.41) is 12.9. The van der Waals surface area contributed by atoms with Crippen molar-refractivity contribution in [2.45, 2.75) is 44.7 Å². The molecule has 1 spiro atoms. The number of piperidine rings is 1. The molecule has 4 heterocycles. The number of nitrogens with zero attached hydrogens (tertiary/aromatic N) is 6. The van der Waals surface area contributed by atoms with Crippen LogP contribution in [0.2, 0.25) is 0 Å². The van der Waals surface area contributed by atoms with E-state index in [4.69, 9.17) is 0 Å². The van der Waals surface area contributed by atoms with Crippen molar-refractivity contribution in [3.05, 3.63) is 35.8 Å². The van der Waals surface area contributed by atoms with Crippen LogP contribution in [0.15, 0.2) is 24.5 Å². The second-order valence-corrected chi connectivity index (χ2v) is 7.29. The third-order valence-corrected chi connectivity index (χ3v) is 5.67. The lowest BCUT2D eigenvalue weighted by molar-refractivity contribution is 0.0996. The molecule has 0 aliphatic carbocycles. The number of rotatable bonds is 3. The minimum Gasteiger partial charge on any atom is -0.355 e. The maximum absolute atomic E-state index is 4.36. The third-order valence-electron chi connectivity index (χ3n) is 5.67. The molecule has 2 saturated heterocycles. The van der Waals surface area contributed by atoms with E-state index in [1.807, 2.05) is 24.9 Å². The Balaban J connectivity index is 1.43. The van der Waals surface area contributed by atoms with Crippen LogP contribution in [-0.2, 0) is 13.6 Å². The molecule has 0 amide bonds. The number of aryl methyl sites for hydroxylation is 2. The van der Waals surface area contributed by atoms with Gasteiger partial charge in [-0.2, -0.15) is 10.2 Å². The molecule has 128 valence electrons. The first-order valence-electron chi connectivity index (χ1n) is 8.93. The average molecular weight is 326 g/mol. The molecule has 4 rings (SSSR count). The minimum atomic E-state index is 0.366. The second kappa shape index (κ2) is 6.16. The van der Waals surface area contributed by atoms with Gasteiger partial charge in [0.15, 0.2) is 5.82 Å². The zero-order chi connectivity index (χ0) is 16.6. The van der Waals surface area contributed by atoms with Gasteiger partial charge >= 0.3 is 0 Å². The smallest absolute Gasteiger partial charge is 0.151 e. The summed E-state index contributed by atoms with van der Waals surface area (Å²) >= 11 is 0. The predicted molar refractivity (Wildman–Crippen MR) is 93.8 cm³/mol. The lowest BCUT2D eigenvalue weighted by Gasteiger charge is -2.45. The lowest BCUT2D eigenvalue weighted by Crippen LogP contribution is -2.52. The van der Waals surface area contributed by atoms with E-state index in [0.29, 0.717) is 5.54 Å². The lowest BCUT2D eigenvalue weighted by atomic mass is 9.84. The summed E-state index contributed by atoms with van der Waals surface area (Å²) in [5.41, 5.74) is 2.67. The summed E-state index contributed by atoms with van der Waals surface area (Å²) in [6.07, 6.45) is 9.20. The molecule has 2 aromatic heterocycles. The first kappa shape index (κ1) is 15.6. The summed E-state index contributed by atoms with van der Waals surface area (Å²) < 4.78 is 1.90. The van der Waals surface area contributed by atoms with E-state index >= 15 is 0 Å².